The first-order valence-corrected chi connectivity index (χ1v) is 7.79. The molecule has 0 aliphatic rings. The number of hydrogen-bond acceptors (Lipinski definition) is 2. The van der Waals surface area contributed by atoms with Crippen molar-refractivity contribution in [3.05, 3.63) is 82.7 Å². The van der Waals surface area contributed by atoms with Crippen LogP contribution in [0.5, 0.6) is 0 Å². The zero-order chi connectivity index (χ0) is 18.0. The van der Waals surface area contributed by atoms with Crippen LogP contribution in [0.1, 0.15) is 27.3 Å². The van der Waals surface area contributed by atoms with Gasteiger partial charge in [0.2, 0.25) is 0 Å². The van der Waals surface area contributed by atoms with E-state index in [0.29, 0.717) is 12.1 Å². The molecule has 1 N–H and O–H groups in total. The summed E-state index contributed by atoms with van der Waals surface area (Å²) in [7, 11) is 0. The van der Waals surface area contributed by atoms with Gasteiger partial charge < -0.3 is 5.32 Å². The number of carbonyl (C=O) groups excluding carboxylic acids is 1. The van der Waals surface area contributed by atoms with Gasteiger partial charge in [0.1, 0.15) is 0 Å². The second kappa shape index (κ2) is 6.84. The summed E-state index contributed by atoms with van der Waals surface area (Å²) in [6.07, 6.45) is 0. The van der Waals surface area contributed by atoms with Gasteiger partial charge in [-0.2, -0.15) is 5.10 Å². The van der Waals surface area contributed by atoms with Crippen LogP contribution in [-0.4, -0.2) is 15.7 Å². The molecular formula is C19H17F2N3O. The highest BCUT2D eigenvalue weighted by Crippen LogP contribution is 2.15. The monoisotopic (exact) mass is 341 g/mol. The van der Waals surface area contributed by atoms with Crippen molar-refractivity contribution in [1.29, 1.82) is 0 Å². The predicted molar refractivity (Wildman–Crippen MR) is 91.6 cm³/mol. The van der Waals surface area contributed by atoms with E-state index in [1.54, 1.807) is 18.2 Å². The highest BCUT2D eigenvalue weighted by molar-refractivity contribution is 6.04. The van der Waals surface area contributed by atoms with Crippen molar-refractivity contribution in [3.8, 4) is 0 Å². The minimum atomic E-state index is -1.00. The summed E-state index contributed by atoms with van der Waals surface area (Å²) in [5, 5.41) is 6.97. The van der Waals surface area contributed by atoms with Crippen LogP contribution in [0.3, 0.4) is 0 Å². The first-order valence-electron chi connectivity index (χ1n) is 7.79. The number of halogens is 2. The van der Waals surface area contributed by atoms with Crippen LogP contribution in [0.25, 0.3) is 0 Å². The molecule has 0 atom stereocenters. The first kappa shape index (κ1) is 16.8. The Bertz CT molecular complexity index is 934. The molecular weight excluding hydrogens is 324 g/mol. The third-order valence-electron chi connectivity index (χ3n) is 3.80. The van der Waals surface area contributed by atoms with Crippen molar-refractivity contribution in [2.45, 2.75) is 20.4 Å². The molecule has 1 heterocycles. The molecule has 25 heavy (non-hydrogen) atoms. The summed E-state index contributed by atoms with van der Waals surface area (Å²) < 4.78 is 28.1. The minimum absolute atomic E-state index is 0.202. The molecule has 1 aromatic heterocycles. The third kappa shape index (κ3) is 3.91. The predicted octanol–water partition coefficient (Wildman–Crippen LogP) is 4.08. The van der Waals surface area contributed by atoms with E-state index in [1.165, 1.54) is 6.07 Å². The van der Waals surface area contributed by atoms with Gasteiger partial charge in [-0.05, 0) is 49.7 Å². The van der Waals surface area contributed by atoms with Crippen LogP contribution >= 0.6 is 0 Å². The van der Waals surface area contributed by atoms with E-state index < -0.39 is 11.6 Å². The second-order valence-corrected chi connectivity index (χ2v) is 5.87. The topological polar surface area (TPSA) is 46.9 Å². The summed E-state index contributed by atoms with van der Waals surface area (Å²) in [6.45, 7) is 4.45. The quantitative estimate of drug-likeness (QED) is 0.777. The Hall–Kier alpha value is -3.02. The lowest BCUT2D eigenvalue weighted by Crippen LogP contribution is -2.13. The van der Waals surface area contributed by atoms with Crippen LogP contribution in [0.15, 0.2) is 48.5 Å². The molecule has 3 rings (SSSR count). The van der Waals surface area contributed by atoms with Gasteiger partial charge in [0.15, 0.2) is 11.6 Å². The maximum absolute atomic E-state index is 13.2. The molecule has 0 saturated carbocycles. The van der Waals surface area contributed by atoms with Crippen LogP contribution < -0.4 is 5.32 Å². The summed E-state index contributed by atoms with van der Waals surface area (Å²) in [5.41, 5.74) is 3.53. The lowest BCUT2D eigenvalue weighted by Gasteiger charge is -2.09. The van der Waals surface area contributed by atoms with Crippen molar-refractivity contribution in [2.24, 2.45) is 0 Å². The standard InChI is InChI=1S/C19H17F2N3O/c1-12-8-13(2)24(23-12)11-14-4-3-5-15(9-14)19(25)22-16-6-7-17(20)18(21)10-16/h3-10H,11H2,1-2H3,(H,22,25). The van der Waals surface area contributed by atoms with Gasteiger partial charge in [0, 0.05) is 23.0 Å². The highest BCUT2D eigenvalue weighted by atomic mass is 19.2. The number of rotatable bonds is 4. The Morgan fingerprint density at radius 1 is 1.08 bits per heavy atom. The van der Waals surface area contributed by atoms with Crippen molar-refractivity contribution in [2.75, 3.05) is 5.32 Å². The van der Waals surface area contributed by atoms with Gasteiger partial charge in [-0.15, -0.1) is 0 Å². The molecule has 4 nitrogen and oxygen atoms in total. The maximum atomic E-state index is 13.2. The zero-order valence-electron chi connectivity index (χ0n) is 13.9. The number of nitrogens with zero attached hydrogens (tertiary/aromatic N) is 2. The summed E-state index contributed by atoms with van der Waals surface area (Å²) in [6, 6.07) is 12.3. The lowest BCUT2D eigenvalue weighted by molar-refractivity contribution is 0.102. The third-order valence-corrected chi connectivity index (χ3v) is 3.80. The minimum Gasteiger partial charge on any atom is -0.322 e. The molecule has 0 aliphatic carbocycles. The Kier molecular flexibility index (Phi) is 4.61. The molecule has 0 aliphatic heterocycles. The van der Waals surface area contributed by atoms with E-state index in [1.807, 2.05) is 30.7 Å². The van der Waals surface area contributed by atoms with Gasteiger partial charge in [-0.25, -0.2) is 8.78 Å². The van der Waals surface area contributed by atoms with Crippen LogP contribution in [0.4, 0.5) is 14.5 Å². The van der Waals surface area contributed by atoms with Crippen molar-refractivity contribution in [3.63, 3.8) is 0 Å². The number of benzene rings is 2. The highest BCUT2D eigenvalue weighted by Gasteiger charge is 2.10. The molecule has 2 aromatic carbocycles. The van der Waals surface area contributed by atoms with E-state index in [4.69, 9.17) is 0 Å². The van der Waals surface area contributed by atoms with Crippen molar-refractivity contribution < 1.29 is 13.6 Å². The SMILES string of the molecule is Cc1cc(C)n(Cc2cccc(C(=O)Nc3ccc(F)c(F)c3)c2)n1. The summed E-state index contributed by atoms with van der Waals surface area (Å²) in [5.74, 6) is -2.35. The molecule has 6 heteroatoms. The Balaban J connectivity index is 1.77. The molecule has 3 aromatic rings. The van der Waals surface area contributed by atoms with Crippen molar-refractivity contribution in [1.82, 2.24) is 9.78 Å². The average molecular weight is 341 g/mol. The Morgan fingerprint density at radius 2 is 1.88 bits per heavy atom. The molecule has 128 valence electrons. The number of amides is 1. The van der Waals surface area contributed by atoms with E-state index in [-0.39, 0.29) is 11.6 Å². The van der Waals surface area contributed by atoms with Gasteiger partial charge in [-0.3, -0.25) is 9.48 Å². The molecule has 0 fully saturated rings. The normalized spacial score (nSPS) is 10.7. The fraction of sp³-hybridized carbons (Fsp3) is 0.158. The number of anilines is 1. The number of hydrogen-bond donors (Lipinski definition) is 1. The van der Waals surface area contributed by atoms with Gasteiger partial charge in [0.25, 0.3) is 5.91 Å². The zero-order valence-corrected chi connectivity index (χ0v) is 13.9. The molecule has 0 spiro atoms. The van der Waals surface area contributed by atoms with Crippen molar-refractivity contribution >= 4 is 11.6 Å². The molecule has 0 bridgehead atoms. The molecule has 0 unspecified atom stereocenters. The van der Waals surface area contributed by atoms with E-state index in [9.17, 15) is 13.6 Å². The van der Waals surface area contributed by atoms with Crippen LogP contribution in [-0.2, 0) is 6.54 Å². The number of aromatic nitrogens is 2. The van der Waals surface area contributed by atoms with Crippen LogP contribution in [0.2, 0.25) is 0 Å². The smallest absolute Gasteiger partial charge is 0.255 e. The maximum Gasteiger partial charge on any atom is 0.255 e. The van der Waals surface area contributed by atoms with E-state index in [2.05, 4.69) is 10.4 Å². The Morgan fingerprint density at radius 3 is 2.56 bits per heavy atom. The van der Waals surface area contributed by atoms with Gasteiger partial charge >= 0.3 is 0 Å². The van der Waals surface area contributed by atoms with Gasteiger partial charge in [0.05, 0.1) is 12.2 Å². The fourth-order valence-corrected chi connectivity index (χ4v) is 2.60. The average Bonchev–Trinajstić information content (AvgIpc) is 2.88. The van der Waals surface area contributed by atoms with Crippen LogP contribution in [0, 0.1) is 25.5 Å². The fourth-order valence-electron chi connectivity index (χ4n) is 2.60. The summed E-state index contributed by atoms with van der Waals surface area (Å²) in [4.78, 5) is 12.3. The number of nitrogens with one attached hydrogen (secondary N) is 1. The molecule has 0 saturated heterocycles. The lowest BCUT2D eigenvalue weighted by atomic mass is 10.1. The molecule has 0 radical (unpaired) electrons. The number of carbonyl (C=O) groups is 1. The first-order chi connectivity index (χ1) is 11.9. The Labute approximate surface area is 144 Å². The molecule has 1 amide bonds. The second-order valence-electron chi connectivity index (χ2n) is 5.87. The summed E-state index contributed by atoms with van der Waals surface area (Å²) >= 11 is 0. The van der Waals surface area contributed by atoms with E-state index in [0.717, 1.165) is 29.1 Å². The number of aryl methyl sites for hydroxylation is 2. The largest absolute Gasteiger partial charge is 0.322 e. The van der Waals surface area contributed by atoms with Gasteiger partial charge in [-0.1, -0.05) is 12.1 Å². The van der Waals surface area contributed by atoms with E-state index >= 15 is 0 Å².